The van der Waals surface area contributed by atoms with Gasteiger partial charge in [0, 0.05) is 36.2 Å². The predicted octanol–water partition coefficient (Wildman–Crippen LogP) is 2.61. The van der Waals surface area contributed by atoms with Crippen molar-refractivity contribution in [3.05, 3.63) is 0 Å². The lowest BCUT2D eigenvalue weighted by molar-refractivity contribution is 0.180. The van der Waals surface area contributed by atoms with Crippen LogP contribution in [0.4, 0.5) is 4.79 Å². The Bertz CT molecular complexity index is 313. The van der Waals surface area contributed by atoms with Gasteiger partial charge in [0.2, 0.25) is 0 Å². The molecule has 0 aromatic carbocycles. The van der Waals surface area contributed by atoms with E-state index in [1.807, 2.05) is 11.8 Å². The number of aliphatic hydroxyl groups excluding tert-OH is 1. The number of nitrogens with one attached hydrogen (secondary N) is 1. The summed E-state index contributed by atoms with van der Waals surface area (Å²) in [4.78, 5) is 14.4. The summed E-state index contributed by atoms with van der Waals surface area (Å²) in [6.45, 7) is 3.99. The molecule has 116 valence electrons. The Labute approximate surface area is 126 Å². The molecule has 1 aliphatic carbocycles. The molecule has 1 heterocycles. The lowest BCUT2D eigenvalue weighted by atomic mass is 9.87. The van der Waals surface area contributed by atoms with Crippen LogP contribution in [0.1, 0.15) is 51.9 Å². The molecule has 0 radical (unpaired) electrons. The van der Waals surface area contributed by atoms with E-state index >= 15 is 0 Å². The second-order valence-corrected chi connectivity index (χ2v) is 7.79. The van der Waals surface area contributed by atoms with Crippen molar-refractivity contribution < 1.29 is 9.90 Å². The summed E-state index contributed by atoms with van der Waals surface area (Å²) in [5.74, 6) is 1.07. The van der Waals surface area contributed by atoms with Gasteiger partial charge in [-0.15, -0.1) is 0 Å². The predicted molar refractivity (Wildman–Crippen MR) is 84.2 cm³/mol. The van der Waals surface area contributed by atoms with Crippen LogP contribution in [-0.2, 0) is 0 Å². The molecule has 2 fully saturated rings. The molecule has 1 atom stereocenters. The molecule has 2 N–H and O–H groups in total. The number of hydrogen-bond donors (Lipinski definition) is 2. The standard InChI is InChI=1S/C15H28N2O2S/c1-13(6-5-10-18)16-14(19)17-9-11-20-15(12-17)7-3-2-4-8-15/h13,18H,2-12H2,1H3,(H,16,19). The average Bonchev–Trinajstić information content (AvgIpc) is 2.46. The number of urea groups is 1. The Morgan fingerprint density at radius 2 is 2.15 bits per heavy atom. The topological polar surface area (TPSA) is 52.6 Å². The van der Waals surface area contributed by atoms with E-state index in [0.717, 1.165) is 31.7 Å². The maximum absolute atomic E-state index is 12.3. The Hall–Kier alpha value is -0.420. The van der Waals surface area contributed by atoms with Gasteiger partial charge in [0.1, 0.15) is 0 Å². The molecule has 0 aromatic heterocycles. The molecule has 5 heteroatoms. The SMILES string of the molecule is CC(CCCO)NC(=O)N1CCSC2(CCCCC2)C1. The van der Waals surface area contributed by atoms with Crippen molar-refractivity contribution in [1.29, 1.82) is 0 Å². The highest BCUT2D eigenvalue weighted by Crippen LogP contribution is 2.42. The number of thioether (sulfide) groups is 1. The summed E-state index contributed by atoms with van der Waals surface area (Å²) in [7, 11) is 0. The molecule has 1 saturated heterocycles. The largest absolute Gasteiger partial charge is 0.396 e. The highest BCUT2D eigenvalue weighted by Gasteiger charge is 2.38. The van der Waals surface area contributed by atoms with Crippen molar-refractivity contribution in [2.45, 2.75) is 62.7 Å². The molecule has 0 bridgehead atoms. The number of rotatable bonds is 4. The maximum Gasteiger partial charge on any atom is 0.317 e. The fraction of sp³-hybridized carbons (Fsp3) is 0.933. The lowest BCUT2D eigenvalue weighted by Crippen LogP contribution is -2.54. The molecule has 1 aliphatic heterocycles. The molecule has 2 rings (SSSR count). The fourth-order valence-corrected chi connectivity index (χ4v) is 4.86. The van der Waals surface area contributed by atoms with Crippen molar-refractivity contribution in [1.82, 2.24) is 10.2 Å². The number of hydrogen-bond acceptors (Lipinski definition) is 3. The first-order chi connectivity index (χ1) is 9.65. The van der Waals surface area contributed by atoms with Gasteiger partial charge in [0.05, 0.1) is 0 Å². The highest BCUT2D eigenvalue weighted by atomic mass is 32.2. The third-order valence-corrected chi connectivity index (χ3v) is 6.00. The van der Waals surface area contributed by atoms with E-state index in [0.29, 0.717) is 4.75 Å². The smallest absolute Gasteiger partial charge is 0.317 e. The van der Waals surface area contributed by atoms with Crippen LogP contribution in [0.2, 0.25) is 0 Å². The molecule has 2 amide bonds. The first kappa shape index (κ1) is 16.0. The molecule has 20 heavy (non-hydrogen) atoms. The third kappa shape index (κ3) is 4.29. The fourth-order valence-electron chi connectivity index (χ4n) is 3.29. The van der Waals surface area contributed by atoms with E-state index in [4.69, 9.17) is 5.11 Å². The molecule has 4 nitrogen and oxygen atoms in total. The minimum atomic E-state index is 0.0840. The highest BCUT2D eigenvalue weighted by molar-refractivity contribution is 8.00. The summed E-state index contributed by atoms with van der Waals surface area (Å²) in [5, 5.41) is 11.9. The summed E-state index contributed by atoms with van der Waals surface area (Å²) in [6.07, 6.45) is 8.11. The van der Waals surface area contributed by atoms with E-state index < -0.39 is 0 Å². The monoisotopic (exact) mass is 300 g/mol. The summed E-state index contributed by atoms with van der Waals surface area (Å²) in [6, 6.07) is 0.229. The van der Waals surface area contributed by atoms with Gasteiger partial charge in [0.25, 0.3) is 0 Å². The zero-order valence-electron chi connectivity index (χ0n) is 12.6. The van der Waals surface area contributed by atoms with Gasteiger partial charge in [-0.05, 0) is 32.6 Å². The van der Waals surface area contributed by atoms with Crippen LogP contribution in [0.5, 0.6) is 0 Å². The molecule has 1 unspecified atom stereocenters. The Morgan fingerprint density at radius 3 is 2.85 bits per heavy atom. The summed E-state index contributed by atoms with van der Waals surface area (Å²) < 4.78 is 0.335. The van der Waals surface area contributed by atoms with Crippen LogP contribution in [0.15, 0.2) is 0 Å². The zero-order valence-corrected chi connectivity index (χ0v) is 13.4. The number of carbonyl (C=O) groups excluding carboxylic acids is 1. The second-order valence-electron chi connectivity index (χ2n) is 6.23. The third-order valence-electron chi connectivity index (χ3n) is 4.47. The molecule has 2 aliphatic rings. The molecular formula is C15H28N2O2S. The van der Waals surface area contributed by atoms with Crippen molar-refractivity contribution in [2.75, 3.05) is 25.4 Å². The van der Waals surface area contributed by atoms with Gasteiger partial charge in [-0.1, -0.05) is 19.3 Å². The van der Waals surface area contributed by atoms with Crippen LogP contribution in [0.3, 0.4) is 0 Å². The second kappa shape index (κ2) is 7.55. The van der Waals surface area contributed by atoms with E-state index in [2.05, 4.69) is 17.1 Å². The van der Waals surface area contributed by atoms with Gasteiger partial charge in [0.15, 0.2) is 0 Å². The maximum atomic E-state index is 12.3. The molecule has 0 aromatic rings. The summed E-state index contributed by atoms with van der Waals surface area (Å²) >= 11 is 2.09. The average molecular weight is 300 g/mol. The van der Waals surface area contributed by atoms with Crippen molar-refractivity contribution in [2.24, 2.45) is 0 Å². The van der Waals surface area contributed by atoms with Crippen LogP contribution in [-0.4, -0.2) is 52.3 Å². The van der Waals surface area contributed by atoms with Gasteiger partial charge in [-0.3, -0.25) is 0 Å². The first-order valence-corrected chi connectivity index (χ1v) is 8.94. The van der Waals surface area contributed by atoms with Gasteiger partial charge in [-0.25, -0.2) is 4.79 Å². The number of carbonyl (C=O) groups is 1. The normalized spacial score (nSPS) is 23.6. The Balaban J connectivity index is 1.83. The van der Waals surface area contributed by atoms with Crippen LogP contribution in [0.25, 0.3) is 0 Å². The number of aliphatic hydroxyl groups is 1. The van der Waals surface area contributed by atoms with Crippen LogP contribution >= 0.6 is 11.8 Å². The van der Waals surface area contributed by atoms with Crippen molar-refractivity contribution >= 4 is 17.8 Å². The van der Waals surface area contributed by atoms with Gasteiger partial charge in [-0.2, -0.15) is 11.8 Å². The number of amides is 2. The van der Waals surface area contributed by atoms with Gasteiger partial charge >= 0.3 is 6.03 Å². The Kier molecular flexibility index (Phi) is 6.02. The van der Waals surface area contributed by atoms with Crippen LogP contribution < -0.4 is 5.32 Å². The first-order valence-electron chi connectivity index (χ1n) is 7.95. The molecule has 1 spiro atoms. The van der Waals surface area contributed by atoms with Gasteiger partial charge < -0.3 is 15.3 Å². The zero-order chi connectivity index (χ0) is 14.4. The quantitative estimate of drug-likeness (QED) is 0.839. The van der Waals surface area contributed by atoms with E-state index in [1.54, 1.807) is 0 Å². The minimum Gasteiger partial charge on any atom is -0.396 e. The van der Waals surface area contributed by atoms with Crippen molar-refractivity contribution in [3.63, 3.8) is 0 Å². The Morgan fingerprint density at radius 1 is 1.40 bits per heavy atom. The summed E-state index contributed by atoms with van der Waals surface area (Å²) in [5.41, 5.74) is 0. The van der Waals surface area contributed by atoms with Crippen LogP contribution in [0, 0.1) is 0 Å². The number of nitrogens with zero attached hydrogens (tertiary/aromatic N) is 1. The lowest BCUT2D eigenvalue weighted by Gasteiger charge is -2.44. The molecule has 1 saturated carbocycles. The molecular weight excluding hydrogens is 272 g/mol. The van der Waals surface area contributed by atoms with E-state index in [1.165, 1.54) is 32.1 Å². The van der Waals surface area contributed by atoms with E-state index in [9.17, 15) is 4.79 Å². The van der Waals surface area contributed by atoms with E-state index in [-0.39, 0.29) is 18.7 Å². The minimum absolute atomic E-state index is 0.0840. The van der Waals surface area contributed by atoms with Crippen molar-refractivity contribution in [3.8, 4) is 0 Å².